The molecule has 1 atom stereocenters. The largest absolute Gasteiger partial charge is 0.493 e. The molecule has 1 heterocycles. The summed E-state index contributed by atoms with van der Waals surface area (Å²) in [6.07, 6.45) is 0. The molecule has 0 saturated heterocycles. The van der Waals surface area contributed by atoms with E-state index in [2.05, 4.69) is 26.6 Å². The van der Waals surface area contributed by atoms with Crippen LogP contribution in [0.1, 0.15) is 31.0 Å². The molecule has 3 rings (SSSR count). The van der Waals surface area contributed by atoms with Crippen LogP contribution in [0.3, 0.4) is 0 Å². The Hall–Kier alpha value is -2.42. The maximum absolute atomic E-state index is 12.6. The first-order valence-corrected chi connectivity index (χ1v) is 11.2. The van der Waals surface area contributed by atoms with Crippen molar-refractivity contribution in [2.24, 2.45) is 0 Å². The SMILES string of the molecule is CCOC(=O)C1=C(C)NC(=O)N[C@@H]1c1cc(Br)c(OCc2ccc(Cl)cc2Cl)c(OC)c1. The lowest BCUT2D eigenvalue weighted by Crippen LogP contribution is -2.45. The average molecular weight is 544 g/mol. The van der Waals surface area contributed by atoms with Crippen LogP contribution in [0.2, 0.25) is 10.0 Å². The van der Waals surface area contributed by atoms with E-state index in [0.29, 0.717) is 42.9 Å². The lowest BCUT2D eigenvalue weighted by atomic mass is 9.95. The topological polar surface area (TPSA) is 85.9 Å². The Morgan fingerprint density at radius 1 is 1.22 bits per heavy atom. The Morgan fingerprint density at radius 2 is 1.97 bits per heavy atom. The van der Waals surface area contributed by atoms with Gasteiger partial charge in [0.25, 0.3) is 0 Å². The highest BCUT2D eigenvalue weighted by atomic mass is 79.9. The molecule has 1 aliphatic rings. The maximum atomic E-state index is 12.6. The fourth-order valence-corrected chi connectivity index (χ4v) is 4.30. The van der Waals surface area contributed by atoms with Crippen molar-refractivity contribution in [2.75, 3.05) is 13.7 Å². The van der Waals surface area contributed by atoms with Gasteiger partial charge in [-0.2, -0.15) is 0 Å². The molecule has 0 unspecified atom stereocenters. The molecule has 2 aromatic rings. The molecule has 2 N–H and O–H groups in total. The maximum Gasteiger partial charge on any atom is 0.338 e. The van der Waals surface area contributed by atoms with E-state index in [4.69, 9.17) is 37.4 Å². The van der Waals surface area contributed by atoms with Crippen LogP contribution < -0.4 is 20.1 Å². The minimum absolute atomic E-state index is 0.182. The molecular weight excluding hydrogens is 523 g/mol. The van der Waals surface area contributed by atoms with Crippen LogP contribution in [0.4, 0.5) is 4.79 Å². The van der Waals surface area contributed by atoms with Crippen LogP contribution in [-0.2, 0) is 16.1 Å². The summed E-state index contributed by atoms with van der Waals surface area (Å²) in [5, 5.41) is 6.40. The van der Waals surface area contributed by atoms with Crippen molar-refractivity contribution in [3.63, 3.8) is 0 Å². The third kappa shape index (κ3) is 5.31. The molecule has 2 aromatic carbocycles. The summed E-state index contributed by atoms with van der Waals surface area (Å²) in [5.74, 6) is 0.337. The van der Waals surface area contributed by atoms with Gasteiger partial charge in [0.15, 0.2) is 11.5 Å². The van der Waals surface area contributed by atoms with E-state index in [-0.39, 0.29) is 13.2 Å². The highest BCUT2D eigenvalue weighted by Crippen LogP contribution is 2.41. The average Bonchev–Trinajstić information content (AvgIpc) is 2.73. The first kappa shape index (κ1) is 24.2. The summed E-state index contributed by atoms with van der Waals surface area (Å²) < 4.78 is 17.2. The predicted molar refractivity (Wildman–Crippen MR) is 125 cm³/mol. The van der Waals surface area contributed by atoms with Crippen molar-refractivity contribution in [3.05, 3.63) is 67.2 Å². The first-order chi connectivity index (χ1) is 15.2. The summed E-state index contributed by atoms with van der Waals surface area (Å²) in [4.78, 5) is 24.7. The van der Waals surface area contributed by atoms with Crippen LogP contribution in [0, 0.1) is 0 Å². The van der Waals surface area contributed by atoms with E-state index in [1.807, 2.05) is 0 Å². The minimum Gasteiger partial charge on any atom is -0.493 e. The molecule has 0 aliphatic carbocycles. The molecule has 1 aliphatic heterocycles. The van der Waals surface area contributed by atoms with Gasteiger partial charge in [-0.15, -0.1) is 0 Å². The molecule has 32 heavy (non-hydrogen) atoms. The summed E-state index contributed by atoms with van der Waals surface area (Å²) in [7, 11) is 1.50. The van der Waals surface area contributed by atoms with Gasteiger partial charge >= 0.3 is 12.0 Å². The number of rotatable bonds is 7. The number of methoxy groups -OCH3 is 1. The summed E-state index contributed by atoms with van der Waals surface area (Å²) in [5.41, 5.74) is 2.10. The number of allylic oxidation sites excluding steroid dienone is 1. The van der Waals surface area contributed by atoms with Crippen LogP contribution in [0.15, 0.2) is 46.1 Å². The quantitative estimate of drug-likeness (QED) is 0.448. The number of nitrogens with one attached hydrogen (secondary N) is 2. The van der Waals surface area contributed by atoms with Crippen LogP contribution >= 0.6 is 39.1 Å². The van der Waals surface area contributed by atoms with Gasteiger partial charge in [-0.25, -0.2) is 9.59 Å². The van der Waals surface area contributed by atoms with Crippen molar-refractivity contribution >= 4 is 51.1 Å². The Balaban J connectivity index is 1.95. The molecule has 0 aromatic heterocycles. The number of carbonyl (C=O) groups excluding carboxylic acids is 2. The van der Waals surface area contributed by atoms with Gasteiger partial charge in [0, 0.05) is 21.3 Å². The Bertz CT molecular complexity index is 1090. The molecule has 10 heteroatoms. The molecule has 7 nitrogen and oxygen atoms in total. The number of carbonyl (C=O) groups is 2. The number of benzene rings is 2. The van der Waals surface area contributed by atoms with Crippen LogP contribution in [0.25, 0.3) is 0 Å². The molecule has 0 fully saturated rings. The van der Waals surface area contributed by atoms with Crippen LogP contribution in [0.5, 0.6) is 11.5 Å². The van der Waals surface area contributed by atoms with Crippen molar-refractivity contribution in [1.82, 2.24) is 10.6 Å². The van der Waals surface area contributed by atoms with E-state index < -0.39 is 18.0 Å². The van der Waals surface area contributed by atoms with Gasteiger partial charge in [-0.1, -0.05) is 29.3 Å². The third-order valence-corrected chi connectivity index (χ3v) is 5.91. The molecular formula is C22H21BrCl2N2O5. The van der Waals surface area contributed by atoms with Gasteiger partial charge in [0.05, 0.1) is 29.8 Å². The number of esters is 1. The number of amides is 2. The van der Waals surface area contributed by atoms with Gasteiger partial charge in [-0.3, -0.25) is 0 Å². The first-order valence-electron chi connectivity index (χ1n) is 9.64. The van der Waals surface area contributed by atoms with Crippen molar-refractivity contribution < 1.29 is 23.8 Å². The highest BCUT2D eigenvalue weighted by Gasteiger charge is 2.33. The molecule has 0 saturated carbocycles. The van der Waals surface area contributed by atoms with E-state index in [1.165, 1.54) is 7.11 Å². The second-order valence-electron chi connectivity index (χ2n) is 6.85. The van der Waals surface area contributed by atoms with E-state index in [9.17, 15) is 9.59 Å². The molecule has 0 bridgehead atoms. The number of hydrogen-bond donors (Lipinski definition) is 2. The van der Waals surface area contributed by atoms with Crippen LogP contribution in [-0.4, -0.2) is 25.7 Å². The normalized spacial score (nSPS) is 15.7. The lowest BCUT2D eigenvalue weighted by Gasteiger charge is -2.28. The summed E-state index contributed by atoms with van der Waals surface area (Å²) >= 11 is 15.7. The van der Waals surface area contributed by atoms with E-state index >= 15 is 0 Å². The number of halogens is 3. The lowest BCUT2D eigenvalue weighted by molar-refractivity contribution is -0.139. The van der Waals surface area contributed by atoms with Crippen molar-refractivity contribution in [2.45, 2.75) is 26.5 Å². The summed E-state index contributed by atoms with van der Waals surface area (Å²) in [6, 6.07) is 7.45. The Labute approximate surface area is 204 Å². The fourth-order valence-electron chi connectivity index (χ4n) is 3.26. The smallest absolute Gasteiger partial charge is 0.338 e. The second-order valence-corrected chi connectivity index (χ2v) is 8.55. The third-order valence-electron chi connectivity index (χ3n) is 4.74. The summed E-state index contributed by atoms with van der Waals surface area (Å²) in [6.45, 7) is 3.76. The zero-order valence-corrected chi connectivity index (χ0v) is 20.7. The molecule has 170 valence electrons. The number of urea groups is 1. The number of ether oxygens (including phenoxy) is 3. The van der Waals surface area contributed by atoms with Gasteiger partial charge in [-0.05, 0) is 59.6 Å². The van der Waals surface area contributed by atoms with Crippen molar-refractivity contribution in [1.29, 1.82) is 0 Å². The fraction of sp³-hybridized carbons (Fsp3) is 0.273. The minimum atomic E-state index is -0.729. The van der Waals surface area contributed by atoms with Gasteiger partial charge < -0.3 is 24.8 Å². The zero-order chi connectivity index (χ0) is 23.4. The highest BCUT2D eigenvalue weighted by molar-refractivity contribution is 9.10. The van der Waals surface area contributed by atoms with Crippen molar-refractivity contribution in [3.8, 4) is 11.5 Å². The van der Waals surface area contributed by atoms with E-state index in [1.54, 1.807) is 44.2 Å². The van der Waals surface area contributed by atoms with Gasteiger partial charge in [0.1, 0.15) is 6.61 Å². The molecule has 0 spiro atoms. The van der Waals surface area contributed by atoms with E-state index in [0.717, 1.165) is 5.56 Å². The zero-order valence-electron chi connectivity index (χ0n) is 17.6. The second kappa shape index (κ2) is 10.5. The Kier molecular flexibility index (Phi) is 7.92. The Morgan fingerprint density at radius 3 is 2.62 bits per heavy atom. The molecule has 2 amide bonds. The monoisotopic (exact) mass is 542 g/mol. The predicted octanol–water partition coefficient (Wildman–Crippen LogP) is 5.53. The number of hydrogen-bond acceptors (Lipinski definition) is 5. The standard InChI is InChI=1S/C22H21BrCl2N2O5/c1-4-31-21(28)18-11(2)26-22(29)27-19(18)13-7-15(23)20(17(8-13)30-3)32-10-12-5-6-14(24)9-16(12)25/h5-9,19H,4,10H2,1-3H3,(H2,26,27,29)/t19-/m1/s1. The van der Waals surface area contributed by atoms with Gasteiger partial charge in [0.2, 0.25) is 0 Å². The molecule has 0 radical (unpaired) electrons.